The first-order chi connectivity index (χ1) is 9.90. The van der Waals surface area contributed by atoms with Crippen LogP contribution in [-0.4, -0.2) is 54.9 Å². The quantitative estimate of drug-likeness (QED) is 0.796. The SMILES string of the molecule is Cc1ccc(C)c(C(=O)C(C)N(C)C2CCN(C)CC2)c1. The molecule has 0 saturated carbocycles. The van der Waals surface area contributed by atoms with Crippen LogP contribution in [0.15, 0.2) is 18.2 Å². The number of likely N-dealkylation sites (N-methyl/N-ethyl adjacent to an activating group) is 1. The van der Waals surface area contributed by atoms with Gasteiger partial charge in [-0.3, -0.25) is 9.69 Å². The fourth-order valence-corrected chi connectivity index (χ4v) is 3.13. The smallest absolute Gasteiger partial charge is 0.179 e. The molecule has 3 heteroatoms. The summed E-state index contributed by atoms with van der Waals surface area (Å²) in [5.74, 6) is 0.248. The van der Waals surface area contributed by atoms with Crippen LogP contribution in [0.3, 0.4) is 0 Å². The van der Waals surface area contributed by atoms with Crippen molar-refractivity contribution in [1.82, 2.24) is 9.80 Å². The molecule has 2 rings (SSSR count). The van der Waals surface area contributed by atoms with Gasteiger partial charge in [0.15, 0.2) is 5.78 Å². The minimum atomic E-state index is -0.0566. The molecule has 1 aromatic carbocycles. The van der Waals surface area contributed by atoms with Crippen molar-refractivity contribution in [3.63, 3.8) is 0 Å². The normalized spacial score (nSPS) is 19.0. The average Bonchev–Trinajstić information content (AvgIpc) is 2.48. The van der Waals surface area contributed by atoms with Gasteiger partial charge in [-0.1, -0.05) is 17.7 Å². The fraction of sp³-hybridized carbons (Fsp3) is 0.611. The molecule has 1 atom stereocenters. The predicted molar refractivity (Wildman–Crippen MR) is 88.0 cm³/mol. The summed E-state index contributed by atoms with van der Waals surface area (Å²) in [4.78, 5) is 17.5. The molecule has 116 valence electrons. The number of Topliss-reactive ketones (excluding diaryl/α,β-unsaturated/α-hetero) is 1. The Bertz CT molecular complexity index is 504. The number of aryl methyl sites for hydroxylation is 2. The van der Waals surface area contributed by atoms with E-state index in [9.17, 15) is 4.79 Å². The second-order valence-corrected chi connectivity index (χ2v) is 6.56. The average molecular weight is 288 g/mol. The van der Waals surface area contributed by atoms with Gasteiger partial charge in [0.05, 0.1) is 6.04 Å². The summed E-state index contributed by atoms with van der Waals surface area (Å²) < 4.78 is 0. The van der Waals surface area contributed by atoms with Crippen molar-refractivity contribution >= 4 is 5.78 Å². The maximum atomic E-state index is 12.8. The van der Waals surface area contributed by atoms with Gasteiger partial charge < -0.3 is 4.90 Å². The monoisotopic (exact) mass is 288 g/mol. The highest BCUT2D eigenvalue weighted by Gasteiger charge is 2.28. The summed E-state index contributed by atoms with van der Waals surface area (Å²) in [6.07, 6.45) is 2.30. The Hall–Kier alpha value is -1.19. The van der Waals surface area contributed by atoms with E-state index in [0.717, 1.165) is 42.6 Å². The van der Waals surface area contributed by atoms with E-state index in [0.29, 0.717) is 6.04 Å². The summed E-state index contributed by atoms with van der Waals surface area (Å²) in [6, 6.07) is 6.60. The number of piperidine rings is 1. The highest BCUT2D eigenvalue weighted by atomic mass is 16.1. The summed E-state index contributed by atoms with van der Waals surface area (Å²) in [5.41, 5.74) is 3.11. The fourth-order valence-electron chi connectivity index (χ4n) is 3.13. The van der Waals surface area contributed by atoms with Crippen molar-refractivity contribution < 1.29 is 4.79 Å². The van der Waals surface area contributed by atoms with Crippen LogP contribution in [0.4, 0.5) is 0 Å². The number of nitrogens with zero attached hydrogens (tertiary/aromatic N) is 2. The standard InChI is InChI=1S/C18H28N2O/c1-13-6-7-14(2)17(12-13)18(21)15(3)20(5)16-8-10-19(4)11-9-16/h6-7,12,15-16H,8-11H2,1-5H3. The minimum absolute atomic E-state index is 0.0566. The van der Waals surface area contributed by atoms with Crippen LogP contribution in [0.1, 0.15) is 41.3 Å². The number of hydrogen-bond donors (Lipinski definition) is 0. The van der Waals surface area contributed by atoms with E-state index in [4.69, 9.17) is 0 Å². The topological polar surface area (TPSA) is 23.6 Å². The van der Waals surface area contributed by atoms with Crippen molar-refractivity contribution in [3.05, 3.63) is 34.9 Å². The van der Waals surface area contributed by atoms with Gasteiger partial charge in [-0.2, -0.15) is 0 Å². The highest BCUT2D eigenvalue weighted by molar-refractivity contribution is 6.01. The molecule has 0 N–H and O–H groups in total. The molecule has 1 aliphatic rings. The minimum Gasteiger partial charge on any atom is -0.306 e. The van der Waals surface area contributed by atoms with E-state index in [1.54, 1.807) is 0 Å². The molecule has 0 amide bonds. The van der Waals surface area contributed by atoms with Crippen LogP contribution in [-0.2, 0) is 0 Å². The number of likely N-dealkylation sites (tertiary alicyclic amines) is 1. The van der Waals surface area contributed by atoms with Crippen molar-refractivity contribution in [2.75, 3.05) is 27.2 Å². The van der Waals surface area contributed by atoms with Gasteiger partial charge >= 0.3 is 0 Å². The number of benzene rings is 1. The Kier molecular flexibility index (Phi) is 5.17. The number of rotatable bonds is 4. The number of carbonyl (C=O) groups is 1. The largest absolute Gasteiger partial charge is 0.306 e. The maximum absolute atomic E-state index is 12.8. The molecule has 1 aromatic rings. The van der Waals surface area contributed by atoms with Gasteiger partial charge in [0.1, 0.15) is 0 Å². The third kappa shape index (κ3) is 3.72. The lowest BCUT2D eigenvalue weighted by Crippen LogP contribution is -2.48. The van der Waals surface area contributed by atoms with Crippen molar-refractivity contribution in [3.8, 4) is 0 Å². The molecule has 1 aliphatic heterocycles. The van der Waals surface area contributed by atoms with Crippen molar-refractivity contribution in [2.45, 2.75) is 45.7 Å². The Morgan fingerprint density at radius 3 is 2.52 bits per heavy atom. The van der Waals surface area contributed by atoms with E-state index < -0.39 is 0 Å². The van der Waals surface area contributed by atoms with Gasteiger partial charge in [-0.25, -0.2) is 0 Å². The molecule has 0 aromatic heterocycles. The van der Waals surface area contributed by atoms with E-state index in [-0.39, 0.29) is 11.8 Å². The zero-order valence-corrected chi connectivity index (χ0v) is 14.0. The molecule has 1 unspecified atom stereocenters. The lowest BCUT2D eigenvalue weighted by atomic mass is 9.95. The Labute approximate surface area is 128 Å². The van der Waals surface area contributed by atoms with E-state index in [1.165, 1.54) is 0 Å². The van der Waals surface area contributed by atoms with Gasteiger partial charge in [0.25, 0.3) is 0 Å². The highest BCUT2D eigenvalue weighted by Crippen LogP contribution is 2.20. The molecule has 0 radical (unpaired) electrons. The van der Waals surface area contributed by atoms with Gasteiger partial charge in [-0.15, -0.1) is 0 Å². The number of ketones is 1. The Morgan fingerprint density at radius 1 is 1.29 bits per heavy atom. The van der Waals surface area contributed by atoms with Crippen LogP contribution in [0.2, 0.25) is 0 Å². The van der Waals surface area contributed by atoms with E-state index in [2.05, 4.69) is 30.0 Å². The van der Waals surface area contributed by atoms with Gasteiger partial charge in [-0.05, 0) is 72.4 Å². The first kappa shape index (κ1) is 16.2. The molecule has 1 heterocycles. The van der Waals surface area contributed by atoms with Crippen LogP contribution in [0.5, 0.6) is 0 Å². The van der Waals surface area contributed by atoms with Crippen LogP contribution < -0.4 is 0 Å². The lowest BCUT2D eigenvalue weighted by molar-refractivity contribution is 0.0730. The Balaban J connectivity index is 2.09. The van der Waals surface area contributed by atoms with Gasteiger partial charge in [0.2, 0.25) is 0 Å². The van der Waals surface area contributed by atoms with Crippen molar-refractivity contribution in [1.29, 1.82) is 0 Å². The third-order valence-corrected chi connectivity index (χ3v) is 4.91. The number of carbonyl (C=O) groups excluding carboxylic acids is 1. The third-order valence-electron chi connectivity index (χ3n) is 4.91. The van der Waals surface area contributed by atoms with E-state index >= 15 is 0 Å². The van der Waals surface area contributed by atoms with E-state index in [1.807, 2.05) is 32.9 Å². The summed E-state index contributed by atoms with van der Waals surface area (Å²) in [5, 5.41) is 0. The van der Waals surface area contributed by atoms with Gasteiger partial charge in [0, 0.05) is 11.6 Å². The first-order valence-electron chi connectivity index (χ1n) is 7.92. The van der Waals surface area contributed by atoms with Crippen LogP contribution >= 0.6 is 0 Å². The van der Waals surface area contributed by atoms with Crippen LogP contribution in [0.25, 0.3) is 0 Å². The molecule has 0 bridgehead atoms. The molecule has 1 saturated heterocycles. The lowest BCUT2D eigenvalue weighted by Gasteiger charge is -2.37. The molecular formula is C18H28N2O. The zero-order chi connectivity index (χ0) is 15.6. The molecular weight excluding hydrogens is 260 g/mol. The molecule has 21 heavy (non-hydrogen) atoms. The number of hydrogen-bond acceptors (Lipinski definition) is 3. The first-order valence-corrected chi connectivity index (χ1v) is 7.92. The maximum Gasteiger partial charge on any atom is 0.179 e. The molecule has 0 aliphatic carbocycles. The Morgan fingerprint density at radius 2 is 1.90 bits per heavy atom. The van der Waals surface area contributed by atoms with Crippen molar-refractivity contribution in [2.24, 2.45) is 0 Å². The molecule has 3 nitrogen and oxygen atoms in total. The summed E-state index contributed by atoms with van der Waals surface area (Å²) >= 11 is 0. The summed E-state index contributed by atoms with van der Waals surface area (Å²) in [7, 11) is 4.27. The molecule has 1 fully saturated rings. The second kappa shape index (κ2) is 6.71. The predicted octanol–water partition coefficient (Wildman–Crippen LogP) is 2.90. The summed E-state index contributed by atoms with van der Waals surface area (Å²) in [6.45, 7) is 8.36. The zero-order valence-electron chi connectivity index (χ0n) is 14.0. The van der Waals surface area contributed by atoms with Crippen LogP contribution in [0, 0.1) is 13.8 Å². The molecule has 0 spiro atoms. The second-order valence-electron chi connectivity index (χ2n) is 6.56.